The molecule has 3 aromatic heterocycles. The van der Waals surface area contributed by atoms with Gasteiger partial charge >= 0.3 is 0 Å². The van der Waals surface area contributed by atoms with Crippen molar-refractivity contribution in [1.29, 1.82) is 0 Å². The number of allylic oxidation sites excluding steroid dienone is 1. The highest BCUT2D eigenvalue weighted by atomic mass is 32.2. The number of hydrogen-bond donors (Lipinski definition) is 1. The Morgan fingerprint density at radius 1 is 1.34 bits per heavy atom. The summed E-state index contributed by atoms with van der Waals surface area (Å²) in [6.07, 6.45) is 3.45. The van der Waals surface area contributed by atoms with Gasteiger partial charge in [0.15, 0.2) is 4.80 Å². The van der Waals surface area contributed by atoms with Gasteiger partial charge in [0.25, 0.3) is 5.91 Å². The van der Waals surface area contributed by atoms with E-state index in [4.69, 9.17) is 5.14 Å². The highest BCUT2D eigenvalue weighted by molar-refractivity contribution is 7.89. The van der Waals surface area contributed by atoms with Gasteiger partial charge in [0, 0.05) is 12.7 Å². The van der Waals surface area contributed by atoms with Crippen LogP contribution in [0.2, 0.25) is 0 Å². The van der Waals surface area contributed by atoms with Gasteiger partial charge in [-0.25, -0.2) is 18.5 Å². The van der Waals surface area contributed by atoms with Crippen LogP contribution >= 0.6 is 11.3 Å². The van der Waals surface area contributed by atoms with E-state index in [2.05, 4.69) is 16.6 Å². The zero-order valence-corrected chi connectivity index (χ0v) is 17.1. The smallest absolute Gasteiger partial charge is 0.298 e. The van der Waals surface area contributed by atoms with E-state index in [9.17, 15) is 13.2 Å². The number of aromatic nitrogens is 3. The summed E-state index contributed by atoms with van der Waals surface area (Å²) < 4.78 is 27.5. The summed E-state index contributed by atoms with van der Waals surface area (Å²) in [6, 6.07) is 10.0. The molecule has 0 radical (unpaired) electrons. The third kappa shape index (κ3) is 3.41. The number of hydrogen-bond acceptors (Lipinski definition) is 5. The Labute approximate surface area is 170 Å². The summed E-state index contributed by atoms with van der Waals surface area (Å²) in [5, 5.41) is 5.23. The Bertz CT molecular complexity index is 1460. The Morgan fingerprint density at radius 3 is 2.86 bits per heavy atom. The highest BCUT2D eigenvalue weighted by Gasteiger charge is 2.17. The maximum absolute atomic E-state index is 13.0. The lowest BCUT2D eigenvalue weighted by atomic mass is 10.3. The van der Waals surface area contributed by atoms with Gasteiger partial charge in [0.05, 0.1) is 20.8 Å². The summed E-state index contributed by atoms with van der Waals surface area (Å²) in [5.41, 5.74) is 2.37. The van der Waals surface area contributed by atoms with Crippen LogP contribution in [0.25, 0.3) is 15.9 Å². The second-order valence-electron chi connectivity index (χ2n) is 6.35. The number of pyridine rings is 1. The molecule has 10 heteroatoms. The van der Waals surface area contributed by atoms with Gasteiger partial charge in [-0.3, -0.25) is 9.20 Å². The molecule has 0 spiro atoms. The Kier molecular flexibility index (Phi) is 4.69. The lowest BCUT2D eigenvalue weighted by Gasteiger charge is -2.02. The molecule has 8 nitrogen and oxygen atoms in total. The van der Waals surface area contributed by atoms with Crippen LogP contribution in [0.1, 0.15) is 16.2 Å². The van der Waals surface area contributed by atoms with Crippen LogP contribution in [0.4, 0.5) is 0 Å². The van der Waals surface area contributed by atoms with Gasteiger partial charge in [-0.15, -0.1) is 6.58 Å². The summed E-state index contributed by atoms with van der Waals surface area (Å²) >= 11 is 1.21. The minimum atomic E-state index is -3.83. The predicted molar refractivity (Wildman–Crippen MR) is 111 cm³/mol. The zero-order valence-electron chi connectivity index (χ0n) is 15.4. The molecule has 29 heavy (non-hydrogen) atoms. The van der Waals surface area contributed by atoms with Crippen molar-refractivity contribution < 1.29 is 13.2 Å². The minimum Gasteiger partial charge on any atom is -0.312 e. The van der Waals surface area contributed by atoms with Crippen molar-refractivity contribution >= 4 is 43.1 Å². The molecule has 0 fully saturated rings. The molecule has 0 aliphatic carbocycles. The molecule has 2 N–H and O–H groups in total. The van der Waals surface area contributed by atoms with Gasteiger partial charge in [-0.05, 0) is 37.3 Å². The molecule has 4 aromatic rings. The van der Waals surface area contributed by atoms with Crippen LogP contribution < -0.4 is 9.94 Å². The van der Waals surface area contributed by atoms with Crippen molar-refractivity contribution in [3.8, 4) is 0 Å². The van der Waals surface area contributed by atoms with Crippen LogP contribution in [0, 0.1) is 6.92 Å². The highest BCUT2D eigenvalue weighted by Crippen LogP contribution is 2.22. The first-order valence-corrected chi connectivity index (χ1v) is 11.0. The van der Waals surface area contributed by atoms with Gasteiger partial charge in [0.1, 0.15) is 11.3 Å². The number of carbonyl (C=O) groups is 1. The predicted octanol–water partition coefficient (Wildman–Crippen LogP) is 2.23. The van der Waals surface area contributed by atoms with E-state index in [1.807, 2.05) is 18.2 Å². The number of nitrogens with two attached hydrogens (primary N) is 1. The topological polar surface area (TPSA) is 112 Å². The van der Waals surface area contributed by atoms with Crippen LogP contribution in [-0.2, 0) is 16.6 Å². The third-order valence-corrected chi connectivity index (χ3v) is 6.35. The fraction of sp³-hybridized carbons (Fsp3) is 0.105. The lowest BCUT2D eigenvalue weighted by Crippen LogP contribution is -2.17. The summed E-state index contributed by atoms with van der Waals surface area (Å²) in [7, 11) is -3.83. The van der Waals surface area contributed by atoms with Crippen molar-refractivity contribution in [2.75, 3.05) is 0 Å². The number of carbonyl (C=O) groups excluding carboxylic acids is 1. The average molecular weight is 428 g/mol. The van der Waals surface area contributed by atoms with Gasteiger partial charge in [0.2, 0.25) is 10.0 Å². The standard InChI is InChI=1S/C19H17N5O3S2/c1-3-9-23-14-8-7-13(29(20,26)27)11-15(14)28-19(23)22-18(25)17-12(2)21-16-6-4-5-10-24(16)17/h3-8,10-11H,1,9H2,2H3,(H2,20,26,27). The summed E-state index contributed by atoms with van der Waals surface area (Å²) in [5.74, 6) is -0.433. The van der Waals surface area contributed by atoms with Gasteiger partial charge in [-0.1, -0.05) is 23.5 Å². The third-order valence-electron chi connectivity index (χ3n) is 4.40. The van der Waals surface area contributed by atoms with Crippen molar-refractivity contribution in [2.45, 2.75) is 18.4 Å². The quantitative estimate of drug-likeness (QED) is 0.503. The fourth-order valence-corrected chi connectivity index (χ4v) is 4.82. The molecule has 0 bridgehead atoms. The maximum atomic E-state index is 13.0. The lowest BCUT2D eigenvalue weighted by molar-refractivity contribution is 0.0991. The Balaban J connectivity index is 1.92. The number of amides is 1. The number of rotatable bonds is 4. The van der Waals surface area contributed by atoms with E-state index in [0.717, 1.165) is 5.52 Å². The number of imidazole rings is 1. The Hall–Kier alpha value is -3.08. The first kappa shape index (κ1) is 19.2. The van der Waals surface area contributed by atoms with E-state index in [1.54, 1.807) is 34.2 Å². The second-order valence-corrected chi connectivity index (χ2v) is 8.92. The second kappa shape index (κ2) is 7.07. The molecule has 148 valence electrons. The first-order chi connectivity index (χ1) is 13.8. The number of primary sulfonamides is 1. The van der Waals surface area contributed by atoms with Crippen LogP contribution in [0.5, 0.6) is 0 Å². The van der Waals surface area contributed by atoms with Crippen molar-refractivity contribution in [2.24, 2.45) is 10.1 Å². The van der Waals surface area contributed by atoms with E-state index >= 15 is 0 Å². The molecule has 0 aliphatic rings. The number of fused-ring (bicyclic) bond motifs is 2. The summed E-state index contributed by atoms with van der Waals surface area (Å²) in [4.78, 5) is 22.1. The normalized spacial score (nSPS) is 12.7. The Morgan fingerprint density at radius 2 is 2.14 bits per heavy atom. The van der Waals surface area contributed by atoms with Crippen molar-refractivity contribution in [3.63, 3.8) is 0 Å². The molecule has 3 heterocycles. The molecular weight excluding hydrogens is 410 g/mol. The largest absolute Gasteiger partial charge is 0.312 e. The molecule has 0 unspecified atom stereocenters. The minimum absolute atomic E-state index is 0.00695. The molecule has 0 saturated heterocycles. The van der Waals surface area contributed by atoms with Gasteiger partial charge in [-0.2, -0.15) is 4.99 Å². The zero-order chi connectivity index (χ0) is 20.8. The molecule has 1 amide bonds. The number of sulfonamides is 1. The average Bonchev–Trinajstić information content (AvgIpc) is 3.17. The van der Waals surface area contributed by atoms with Crippen LogP contribution in [-0.4, -0.2) is 28.3 Å². The fourth-order valence-electron chi connectivity index (χ4n) is 3.13. The molecule has 4 rings (SSSR count). The molecular formula is C19H17N5O3S2. The van der Waals surface area contributed by atoms with E-state index in [0.29, 0.717) is 33.1 Å². The van der Waals surface area contributed by atoms with Crippen LogP contribution in [0.3, 0.4) is 0 Å². The maximum Gasteiger partial charge on any atom is 0.298 e. The first-order valence-electron chi connectivity index (χ1n) is 8.59. The number of aryl methyl sites for hydroxylation is 1. The molecule has 1 aromatic carbocycles. The van der Waals surface area contributed by atoms with E-state index in [1.165, 1.54) is 23.5 Å². The summed E-state index contributed by atoms with van der Waals surface area (Å²) in [6.45, 7) is 5.92. The number of thiazole rings is 1. The van der Waals surface area contributed by atoms with Crippen molar-refractivity contribution in [1.82, 2.24) is 14.0 Å². The number of nitrogens with zero attached hydrogens (tertiary/aromatic N) is 4. The van der Waals surface area contributed by atoms with E-state index in [-0.39, 0.29) is 4.90 Å². The van der Waals surface area contributed by atoms with E-state index < -0.39 is 15.9 Å². The number of benzene rings is 1. The molecule has 0 atom stereocenters. The monoisotopic (exact) mass is 427 g/mol. The SMILES string of the molecule is C=CCn1c(=NC(=O)c2c(C)nc3ccccn23)sc2cc(S(N)(=O)=O)ccc21. The molecule has 0 saturated carbocycles. The van der Waals surface area contributed by atoms with Crippen molar-refractivity contribution in [3.05, 3.63) is 71.4 Å². The van der Waals surface area contributed by atoms with Gasteiger partial charge < -0.3 is 4.57 Å². The molecule has 0 aliphatic heterocycles. The van der Waals surface area contributed by atoms with Crippen LogP contribution in [0.15, 0.2) is 65.1 Å².